The van der Waals surface area contributed by atoms with Gasteiger partial charge in [-0.05, 0) is 44.4 Å². The maximum absolute atomic E-state index is 12.3. The molecule has 1 N–H and O–H groups in total. The van der Waals surface area contributed by atoms with Crippen molar-refractivity contribution in [3.63, 3.8) is 0 Å². The van der Waals surface area contributed by atoms with Crippen molar-refractivity contribution in [1.29, 1.82) is 0 Å². The van der Waals surface area contributed by atoms with E-state index < -0.39 is 15.6 Å². The first kappa shape index (κ1) is 16.4. The summed E-state index contributed by atoms with van der Waals surface area (Å²) in [4.78, 5) is 0.308. The third kappa shape index (κ3) is 4.51. The molecule has 0 unspecified atom stereocenters. The van der Waals surface area contributed by atoms with E-state index in [1.54, 1.807) is 24.3 Å². The Morgan fingerprint density at radius 2 is 1.95 bits per heavy atom. The highest BCUT2D eigenvalue weighted by Crippen LogP contribution is 2.25. The second-order valence-electron chi connectivity index (χ2n) is 5.68. The van der Waals surface area contributed by atoms with Crippen molar-refractivity contribution < 1.29 is 23.0 Å². The first-order valence-electron chi connectivity index (χ1n) is 7.07. The van der Waals surface area contributed by atoms with Gasteiger partial charge < -0.3 is 14.6 Å². The highest BCUT2D eigenvalue weighted by atomic mass is 32.2. The van der Waals surface area contributed by atoms with Crippen LogP contribution in [0.15, 0.2) is 29.2 Å². The molecule has 0 saturated carbocycles. The molecule has 118 valence electrons. The number of hydrogen-bond donors (Lipinski definition) is 1. The zero-order chi connectivity index (χ0) is 15.5. The monoisotopic (exact) mass is 314 g/mol. The molecule has 5 nitrogen and oxygen atoms in total. The van der Waals surface area contributed by atoms with Gasteiger partial charge in [-0.15, -0.1) is 0 Å². The molecule has 0 radical (unpaired) electrons. The Kier molecular flexibility index (Phi) is 5.03. The number of sulfone groups is 1. The van der Waals surface area contributed by atoms with Gasteiger partial charge >= 0.3 is 0 Å². The SMILES string of the molecule is CC1(C)OC[C@H](CCS(=O)(=O)c2ccc(CCO)cc2)O1. The van der Waals surface area contributed by atoms with Crippen molar-refractivity contribution in [3.8, 4) is 0 Å². The molecule has 1 saturated heterocycles. The first-order valence-corrected chi connectivity index (χ1v) is 8.72. The van der Waals surface area contributed by atoms with Gasteiger partial charge in [0.1, 0.15) is 0 Å². The number of hydrogen-bond acceptors (Lipinski definition) is 5. The summed E-state index contributed by atoms with van der Waals surface area (Å²) in [6.07, 6.45) is 0.774. The molecule has 0 spiro atoms. The van der Waals surface area contributed by atoms with Crippen LogP contribution in [0.4, 0.5) is 0 Å². The van der Waals surface area contributed by atoms with Crippen LogP contribution >= 0.6 is 0 Å². The normalized spacial score (nSPS) is 21.6. The lowest BCUT2D eigenvalue weighted by Gasteiger charge is -2.17. The van der Waals surface area contributed by atoms with E-state index in [2.05, 4.69) is 0 Å². The second kappa shape index (κ2) is 6.44. The zero-order valence-corrected chi connectivity index (χ0v) is 13.2. The lowest BCUT2D eigenvalue weighted by molar-refractivity contribution is -0.138. The van der Waals surface area contributed by atoms with Crippen molar-refractivity contribution >= 4 is 9.84 Å². The smallest absolute Gasteiger partial charge is 0.178 e. The summed E-state index contributed by atoms with van der Waals surface area (Å²) < 4.78 is 35.6. The summed E-state index contributed by atoms with van der Waals surface area (Å²) >= 11 is 0. The fourth-order valence-corrected chi connectivity index (χ4v) is 3.66. The van der Waals surface area contributed by atoms with E-state index in [1.165, 1.54) is 0 Å². The van der Waals surface area contributed by atoms with Crippen LogP contribution in [0.5, 0.6) is 0 Å². The van der Waals surface area contributed by atoms with Gasteiger partial charge in [-0.1, -0.05) is 12.1 Å². The summed E-state index contributed by atoms with van der Waals surface area (Å²) in [5.74, 6) is -0.586. The van der Waals surface area contributed by atoms with E-state index >= 15 is 0 Å². The van der Waals surface area contributed by atoms with Crippen LogP contribution in [-0.4, -0.2) is 44.4 Å². The fourth-order valence-electron chi connectivity index (χ4n) is 2.30. The minimum absolute atomic E-state index is 0.0381. The molecule has 21 heavy (non-hydrogen) atoms. The minimum atomic E-state index is -3.31. The molecule has 1 aromatic rings. The minimum Gasteiger partial charge on any atom is -0.396 e. The van der Waals surface area contributed by atoms with Gasteiger partial charge in [-0.3, -0.25) is 0 Å². The quantitative estimate of drug-likeness (QED) is 0.862. The lowest BCUT2D eigenvalue weighted by Crippen LogP contribution is -2.23. The topological polar surface area (TPSA) is 72.8 Å². The number of aliphatic hydroxyl groups excluding tert-OH is 1. The summed E-state index contributed by atoms with van der Waals surface area (Å²) in [5, 5.41) is 8.85. The number of rotatable bonds is 6. The van der Waals surface area contributed by atoms with Crippen LogP contribution in [0.25, 0.3) is 0 Å². The third-order valence-electron chi connectivity index (χ3n) is 3.46. The molecule has 1 aliphatic rings. The number of ether oxygens (including phenoxy) is 2. The van der Waals surface area contributed by atoms with Crippen molar-refractivity contribution in [2.24, 2.45) is 0 Å². The Morgan fingerprint density at radius 3 is 2.48 bits per heavy atom. The highest BCUT2D eigenvalue weighted by molar-refractivity contribution is 7.91. The molecule has 0 aliphatic carbocycles. The molecule has 6 heteroatoms. The Bertz CT molecular complexity index is 562. The largest absolute Gasteiger partial charge is 0.396 e. The molecule has 0 amide bonds. The molecular weight excluding hydrogens is 292 g/mol. The van der Waals surface area contributed by atoms with Crippen LogP contribution in [0.3, 0.4) is 0 Å². The highest BCUT2D eigenvalue weighted by Gasteiger charge is 2.33. The summed E-state index contributed by atoms with van der Waals surface area (Å²) in [6.45, 7) is 4.13. The van der Waals surface area contributed by atoms with Crippen molar-refractivity contribution in [1.82, 2.24) is 0 Å². The maximum Gasteiger partial charge on any atom is 0.178 e. The molecule has 1 atom stereocenters. The molecule has 1 aliphatic heterocycles. The van der Waals surface area contributed by atoms with Crippen LogP contribution in [0, 0.1) is 0 Å². The van der Waals surface area contributed by atoms with Gasteiger partial charge in [0.25, 0.3) is 0 Å². The first-order chi connectivity index (χ1) is 9.82. The number of aliphatic hydroxyl groups is 1. The molecule has 1 fully saturated rings. The van der Waals surface area contributed by atoms with Crippen molar-refractivity contribution in [3.05, 3.63) is 29.8 Å². The van der Waals surface area contributed by atoms with Gasteiger partial charge in [-0.25, -0.2) is 8.42 Å². The molecule has 2 rings (SSSR count). The maximum atomic E-state index is 12.3. The van der Waals surface area contributed by atoms with Gasteiger partial charge in [0.2, 0.25) is 0 Å². The van der Waals surface area contributed by atoms with E-state index in [0.717, 1.165) is 5.56 Å². The van der Waals surface area contributed by atoms with Crippen LogP contribution in [-0.2, 0) is 25.7 Å². The Morgan fingerprint density at radius 1 is 1.29 bits per heavy atom. The van der Waals surface area contributed by atoms with Gasteiger partial charge in [-0.2, -0.15) is 0 Å². The molecular formula is C15H22O5S. The summed E-state index contributed by atoms with van der Waals surface area (Å²) in [5.41, 5.74) is 0.922. The van der Waals surface area contributed by atoms with Gasteiger partial charge in [0, 0.05) is 6.61 Å². The average molecular weight is 314 g/mol. The second-order valence-corrected chi connectivity index (χ2v) is 7.78. The van der Waals surface area contributed by atoms with E-state index in [9.17, 15) is 8.42 Å². The molecule has 0 aromatic heterocycles. The third-order valence-corrected chi connectivity index (χ3v) is 5.22. The number of benzene rings is 1. The van der Waals surface area contributed by atoms with Crippen molar-refractivity contribution in [2.45, 2.75) is 43.5 Å². The summed E-state index contributed by atoms with van der Waals surface area (Å²) in [7, 11) is -3.31. The standard InChI is InChI=1S/C15H22O5S/c1-15(2)19-11-13(20-15)8-10-21(17,18)14-5-3-12(4-6-14)7-9-16/h3-6,13,16H,7-11H2,1-2H3/t13-/m0/s1. The van der Waals surface area contributed by atoms with E-state index in [1.807, 2.05) is 13.8 Å². The van der Waals surface area contributed by atoms with Crippen molar-refractivity contribution in [2.75, 3.05) is 19.0 Å². The lowest BCUT2D eigenvalue weighted by atomic mass is 10.2. The van der Waals surface area contributed by atoms with Crippen LogP contribution in [0.2, 0.25) is 0 Å². The predicted octanol–water partition coefficient (Wildman–Crippen LogP) is 1.54. The molecule has 0 bridgehead atoms. The predicted molar refractivity (Wildman–Crippen MR) is 78.8 cm³/mol. The van der Waals surface area contributed by atoms with Crippen LogP contribution in [0.1, 0.15) is 25.8 Å². The van der Waals surface area contributed by atoms with E-state index in [-0.39, 0.29) is 18.5 Å². The molecule has 1 heterocycles. The molecule has 1 aromatic carbocycles. The summed E-state index contributed by atoms with van der Waals surface area (Å²) in [6, 6.07) is 6.66. The van der Waals surface area contributed by atoms with E-state index in [0.29, 0.717) is 24.3 Å². The average Bonchev–Trinajstić information content (AvgIpc) is 2.77. The Hall–Kier alpha value is -0.950. The van der Waals surface area contributed by atoms with Crippen LogP contribution < -0.4 is 0 Å². The zero-order valence-electron chi connectivity index (χ0n) is 12.4. The van der Waals surface area contributed by atoms with E-state index in [4.69, 9.17) is 14.6 Å². The van der Waals surface area contributed by atoms with Gasteiger partial charge in [0.05, 0.1) is 23.4 Å². The Labute approximate surface area is 125 Å². The van der Waals surface area contributed by atoms with Gasteiger partial charge in [0.15, 0.2) is 15.6 Å². The Balaban J connectivity index is 1.95. The fraction of sp³-hybridized carbons (Fsp3) is 0.600.